The highest BCUT2D eigenvalue weighted by atomic mass is 35.5. The average molecular weight is 315 g/mol. The van der Waals surface area contributed by atoms with E-state index in [4.69, 9.17) is 0 Å². The van der Waals surface area contributed by atoms with Gasteiger partial charge in [0.25, 0.3) is 0 Å². The lowest BCUT2D eigenvalue weighted by atomic mass is 10.2. The van der Waals surface area contributed by atoms with Crippen molar-refractivity contribution >= 4 is 30.0 Å². The number of hydrogen-bond donors (Lipinski definition) is 4. The van der Waals surface area contributed by atoms with E-state index in [0.29, 0.717) is 12.2 Å². The van der Waals surface area contributed by atoms with Crippen molar-refractivity contribution in [3.05, 3.63) is 29.8 Å². The molecule has 118 valence electrons. The highest BCUT2D eigenvalue weighted by molar-refractivity contribution is 5.92. The highest BCUT2D eigenvalue weighted by Gasteiger charge is 2.05. The third kappa shape index (κ3) is 8.88. The summed E-state index contributed by atoms with van der Waals surface area (Å²) in [6.45, 7) is 3.36. The molecule has 4 N–H and O–H groups in total. The molecule has 6 nitrogen and oxygen atoms in total. The number of urea groups is 1. The fourth-order valence-corrected chi connectivity index (χ4v) is 1.61. The first-order valence-corrected chi connectivity index (χ1v) is 6.64. The Morgan fingerprint density at radius 3 is 2.57 bits per heavy atom. The van der Waals surface area contributed by atoms with Gasteiger partial charge in [-0.15, -0.1) is 12.4 Å². The molecule has 1 aromatic carbocycles. The second-order valence-corrected chi connectivity index (χ2v) is 4.48. The van der Waals surface area contributed by atoms with E-state index in [1.165, 1.54) is 0 Å². The lowest BCUT2D eigenvalue weighted by Gasteiger charge is -2.08. The van der Waals surface area contributed by atoms with Gasteiger partial charge in [-0.1, -0.05) is 12.1 Å². The number of carbonyl (C=O) groups is 2. The maximum Gasteiger partial charge on any atom is 0.319 e. The Kier molecular flexibility index (Phi) is 10.0. The molecule has 0 aliphatic carbocycles. The summed E-state index contributed by atoms with van der Waals surface area (Å²) in [6.07, 6.45) is 0.859. The molecular formula is C14H23ClN4O2. The van der Waals surface area contributed by atoms with Crippen molar-refractivity contribution < 1.29 is 9.59 Å². The number of amides is 3. The van der Waals surface area contributed by atoms with Crippen molar-refractivity contribution in [3.63, 3.8) is 0 Å². The van der Waals surface area contributed by atoms with Gasteiger partial charge in [0, 0.05) is 12.2 Å². The molecule has 0 saturated heterocycles. The molecule has 21 heavy (non-hydrogen) atoms. The van der Waals surface area contributed by atoms with Crippen molar-refractivity contribution in [1.29, 1.82) is 0 Å². The van der Waals surface area contributed by atoms with Crippen LogP contribution in [0.1, 0.15) is 12.0 Å². The predicted octanol–water partition coefficient (Wildman–Crippen LogP) is 1.26. The number of anilines is 1. The van der Waals surface area contributed by atoms with Gasteiger partial charge in [-0.3, -0.25) is 4.79 Å². The third-order valence-corrected chi connectivity index (χ3v) is 2.61. The minimum Gasteiger partial charge on any atom is -0.355 e. The van der Waals surface area contributed by atoms with E-state index in [-0.39, 0.29) is 30.9 Å². The number of aryl methyl sites for hydroxylation is 1. The van der Waals surface area contributed by atoms with Crippen LogP contribution in [0.5, 0.6) is 0 Å². The molecule has 7 heteroatoms. The first kappa shape index (κ1) is 19.2. The summed E-state index contributed by atoms with van der Waals surface area (Å²) in [6, 6.07) is 7.07. The van der Waals surface area contributed by atoms with Gasteiger partial charge in [0.05, 0.1) is 6.54 Å². The summed E-state index contributed by atoms with van der Waals surface area (Å²) in [5.41, 5.74) is 1.77. The molecule has 0 heterocycles. The summed E-state index contributed by atoms with van der Waals surface area (Å²) in [5, 5.41) is 10.9. The van der Waals surface area contributed by atoms with Gasteiger partial charge in [0.15, 0.2) is 0 Å². The van der Waals surface area contributed by atoms with Crippen LogP contribution >= 0.6 is 12.4 Å². The van der Waals surface area contributed by atoms with E-state index in [1.807, 2.05) is 32.2 Å². The monoisotopic (exact) mass is 314 g/mol. The molecule has 0 atom stereocenters. The minimum absolute atomic E-state index is 0. The molecule has 1 rings (SSSR count). The molecule has 3 amide bonds. The quantitative estimate of drug-likeness (QED) is 0.572. The van der Waals surface area contributed by atoms with Crippen LogP contribution in [0.2, 0.25) is 0 Å². The summed E-state index contributed by atoms with van der Waals surface area (Å²) in [4.78, 5) is 23.0. The number of halogens is 1. The van der Waals surface area contributed by atoms with Crippen LogP contribution in [0.4, 0.5) is 10.5 Å². The van der Waals surface area contributed by atoms with Crippen molar-refractivity contribution in [1.82, 2.24) is 16.0 Å². The lowest BCUT2D eigenvalue weighted by Crippen LogP contribution is -2.39. The molecular weight excluding hydrogens is 292 g/mol. The molecule has 0 spiro atoms. The Morgan fingerprint density at radius 1 is 1.14 bits per heavy atom. The van der Waals surface area contributed by atoms with Crippen molar-refractivity contribution in [3.8, 4) is 0 Å². The normalized spacial score (nSPS) is 9.43. The second kappa shape index (κ2) is 10.9. The Morgan fingerprint density at radius 2 is 1.90 bits per heavy atom. The van der Waals surface area contributed by atoms with Gasteiger partial charge in [0.2, 0.25) is 5.91 Å². The zero-order valence-electron chi connectivity index (χ0n) is 12.4. The van der Waals surface area contributed by atoms with Crippen molar-refractivity contribution in [2.24, 2.45) is 0 Å². The van der Waals surface area contributed by atoms with E-state index in [0.717, 1.165) is 18.5 Å². The molecule has 0 radical (unpaired) electrons. The van der Waals surface area contributed by atoms with E-state index in [9.17, 15) is 9.59 Å². The van der Waals surface area contributed by atoms with E-state index in [1.54, 1.807) is 6.07 Å². The maximum absolute atomic E-state index is 11.6. The molecule has 0 bridgehead atoms. The number of carbonyl (C=O) groups excluding carboxylic acids is 2. The van der Waals surface area contributed by atoms with Crippen LogP contribution in [0.3, 0.4) is 0 Å². The maximum atomic E-state index is 11.6. The number of rotatable bonds is 7. The number of hydrogen-bond acceptors (Lipinski definition) is 3. The van der Waals surface area contributed by atoms with Crippen LogP contribution in [0.15, 0.2) is 24.3 Å². The van der Waals surface area contributed by atoms with Gasteiger partial charge in [0.1, 0.15) is 0 Å². The van der Waals surface area contributed by atoms with Gasteiger partial charge < -0.3 is 21.3 Å². The van der Waals surface area contributed by atoms with E-state index in [2.05, 4.69) is 21.3 Å². The van der Waals surface area contributed by atoms with Crippen LogP contribution in [-0.2, 0) is 4.79 Å². The molecule has 0 aromatic heterocycles. The number of benzene rings is 1. The Balaban J connectivity index is 0.00000400. The topological polar surface area (TPSA) is 82.3 Å². The lowest BCUT2D eigenvalue weighted by molar-refractivity contribution is -0.120. The number of nitrogens with one attached hydrogen (secondary N) is 4. The van der Waals surface area contributed by atoms with Gasteiger partial charge >= 0.3 is 6.03 Å². The van der Waals surface area contributed by atoms with Crippen molar-refractivity contribution in [2.45, 2.75) is 13.3 Å². The van der Waals surface area contributed by atoms with Gasteiger partial charge in [-0.25, -0.2) is 4.79 Å². The SMILES string of the molecule is CNCCCNC(=O)CNC(=O)Nc1cccc(C)c1.Cl. The zero-order valence-corrected chi connectivity index (χ0v) is 13.2. The Bertz CT molecular complexity index is 454. The first-order chi connectivity index (χ1) is 9.61. The van der Waals surface area contributed by atoms with Crippen LogP contribution in [-0.4, -0.2) is 38.6 Å². The second-order valence-electron chi connectivity index (χ2n) is 4.48. The van der Waals surface area contributed by atoms with Crippen LogP contribution < -0.4 is 21.3 Å². The minimum atomic E-state index is -0.388. The van der Waals surface area contributed by atoms with Gasteiger partial charge in [-0.05, 0) is 44.6 Å². The summed E-state index contributed by atoms with van der Waals surface area (Å²) in [5.74, 6) is -0.194. The fraction of sp³-hybridized carbons (Fsp3) is 0.429. The smallest absolute Gasteiger partial charge is 0.319 e. The van der Waals surface area contributed by atoms with E-state index < -0.39 is 0 Å². The Labute approximate surface area is 131 Å². The third-order valence-electron chi connectivity index (χ3n) is 2.61. The van der Waals surface area contributed by atoms with Gasteiger partial charge in [-0.2, -0.15) is 0 Å². The average Bonchev–Trinajstić information content (AvgIpc) is 2.41. The molecule has 1 aromatic rings. The summed E-state index contributed by atoms with van der Waals surface area (Å²) < 4.78 is 0. The van der Waals surface area contributed by atoms with Crippen LogP contribution in [0.25, 0.3) is 0 Å². The predicted molar refractivity (Wildman–Crippen MR) is 87.0 cm³/mol. The summed E-state index contributed by atoms with van der Waals surface area (Å²) in [7, 11) is 1.86. The summed E-state index contributed by atoms with van der Waals surface area (Å²) >= 11 is 0. The molecule has 0 saturated carbocycles. The van der Waals surface area contributed by atoms with E-state index >= 15 is 0 Å². The molecule has 0 aliphatic rings. The fourth-order valence-electron chi connectivity index (χ4n) is 1.61. The highest BCUT2D eigenvalue weighted by Crippen LogP contribution is 2.08. The molecule has 0 unspecified atom stereocenters. The molecule has 0 fully saturated rings. The Hall–Kier alpha value is -1.79. The first-order valence-electron chi connectivity index (χ1n) is 6.64. The zero-order chi connectivity index (χ0) is 14.8. The largest absolute Gasteiger partial charge is 0.355 e. The molecule has 0 aliphatic heterocycles. The standard InChI is InChI=1S/C14H22N4O2.ClH/c1-11-5-3-6-12(9-11)18-14(20)17-10-13(19)16-8-4-7-15-2;/h3,5-6,9,15H,4,7-8,10H2,1-2H3,(H,16,19)(H2,17,18,20);1H. The van der Waals surface area contributed by atoms with Crippen LogP contribution in [0, 0.1) is 6.92 Å². The van der Waals surface area contributed by atoms with Crippen molar-refractivity contribution in [2.75, 3.05) is 32.0 Å².